The minimum absolute atomic E-state index is 0.0169. The predicted octanol–water partition coefficient (Wildman–Crippen LogP) is 3.14. The average Bonchev–Trinajstić information content (AvgIpc) is 2.38. The van der Waals surface area contributed by atoms with E-state index in [4.69, 9.17) is 11.6 Å². The minimum Gasteiger partial charge on any atom is -0.305 e. The van der Waals surface area contributed by atoms with E-state index in [9.17, 15) is 0 Å². The van der Waals surface area contributed by atoms with Crippen LogP contribution in [-0.4, -0.2) is 16.5 Å². The third-order valence-corrected chi connectivity index (χ3v) is 3.08. The summed E-state index contributed by atoms with van der Waals surface area (Å²) < 4.78 is 0. The number of hydrogen-bond donors (Lipinski definition) is 1. The lowest BCUT2D eigenvalue weighted by atomic mass is 10.0. The molecule has 4 heteroatoms. The van der Waals surface area contributed by atoms with Crippen LogP contribution in [0, 0.1) is 6.92 Å². The summed E-state index contributed by atoms with van der Waals surface area (Å²) in [7, 11) is 0. The van der Waals surface area contributed by atoms with Gasteiger partial charge >= 0.3 is 0 Å². The van der Waals surface area contributed by atoms with Gasteiger partial charge in [-0.3, -0.25) is 9.97 Å². The van der Waals surface area contributed by atoms with E-state index >= 15 is 0 Å². The Kier molecular flexibility index (Phi) is 4.28. The number of rotatable bonds is 4. The number of aromatic nitrogens is 2. The van der Waals surface area contributed by atoms with Crippen LogP contribution in [0.1, 0.15) is 29.8 Å². The van der Waals surface area contributed by atoms with E-state index in [1.807, 2.05) is 19.1 Å². The second-order valence-electron chi connectivity index (χ2n) is 4.15. The van der Waals surface area contributed by atoms with Gasteiger partial charge in [0.05, 0.1) is 17.9 Å². The Morgan fingerprint density at radius 1 is 1.33 bits per heavy atom. The molecule has 3 nitrogen and oxygen atoms in total. The maximum absolute atomic E-state index is 6.32. The Morgan fingerprint density at radius 2 is 2.17 bits per heavy atom. The number of nitrogens with zero attached hydrogens (tertiary/aromatic N) is 2. The third-order valence-electron chi connectivity index (χ3n) is 2.75. The Morgan fingerprint density at radius 3 is 2.78 bits per heavy atom. The molecule has 0 radical (unpaired) electrons. The van der Waals surface area contributed by atoms with Crippen molar-refractivity contribution >= 4 is 11.6 Å². The normalized spacial score (nSPS) is 12.4. The fourth-order valence-electron chi connectivity index (χ4n) is 1.90. The lowest BCUT2D eigenvalue weighted by Gasteiger charge is -2.19. The molecule has 1 N–H and O–H groups in total. The molecule has 1 unspecified atom stereocenters. The highest BCUT2D eigenvalue weighted by atomic mass is 35.5. The minimum atomic E-state index is -0.0169. The van der Waals surface area contributed by atoms with Crippen molar-refractivity contribution in [2.75, 3.05) is 6.54 Å². The molecule has 1 heterocycles. The zero-order chi connectivity index (χ0) is 13.0. The van der Waals surface area contributed by atoms with E-state index in [0.29, 0.717) is 0 Å². The molecule has 0 aliphatic rings. The summed E-state index contributed by atoms with van der Waals surface area (Å²) in [5.74, 6) is 0. The Bertz CT molecular complexity index is 514. The Hall–Kier alpha value is -1.45. The zero-order valence-electron chi connectivity index (χ0n) is 10.5. The average molecular weight is 262 g/mol. The fraction of sp³-hybridized carbons (Fsp3) is 0.286. The number of benzene rings is 1. The van der Waals surface area contributed by atoms with Gasteiger partial charge in [-0.2, -0.15) is 0 Å². The molecule has 0 aliphatic carbocycles. The first-order valence-electron chi connectivity index (χ1n) is 5.97. The summed E-state index contributed by atoms with van der Waals surface area (Å²) in [4.78, 5) is 8.47. The van der Waals surface area contributed by atoms with Crippen molar-refractivity contribution in [3.05, 3.63) is 58.6 Å². The molecule has 0 bridgehead atoms. The summed E-state index contributed by atoms with van der Waals surface area (Å²) in [6, 6.07) is 6.05. The van der Waals surface area contributed by atoms with E-state index in [1.54, 1.807) is 18.6 Å². The molecule has 94 valence electrons. The van der Waals surface area contributed by atoms with Crippen LogP contribution in [0.25, 0.3) is 0 Å². The van der Waals surface area contributed by atoms with Gasteiger partial charge in [0, 0.05) is 17.4 Å². The van der Waals surface area contributed by atoms with Crippen molar-refractivity contribution in [2.45, 2.75) is 19.9 Å². The topological polar surface area (TPSA) is 37.8 Å². The molecule has 2 rings (SSSR count). The van der Waals surface area contributed by atoms with Crippen LogP contribution in [0.5, 0.6) is 0 Å². The number of aryl methyl sites for hydroxylation is 1. The highest BCUT2D eigenvalue weighted by molar-refractivity contribution is 6.31. The quantitative estimate of drug-likeness (QED) is 0.919. The van der Waals surface area contributed by atoms with Crippen molar-refractivity contribution in [1.82, 2.24) is 15.3 Å². The van der Waals surface area contributed by atoms with Gasteiger partial charge in [-0.05, 0) is 30.7 Å². The molecule has 1 aromatic carbocycles. The molecule has 0 aliphatic heterocycles. The van der Waals surface area contributed by atoms with Gasteiger partial charge in [0.25, 0.3) is 0 Å². The SMILES string of the molecule is CCNC(c1cnccn1)c1ccc(C)cc1Cl. The molecule has 0 saturated carbocycles. The number of hydrogen-bond acceptors (Lipinski definition) is 3. The van der Waals surface area contributed by atoms with Crippen molar-refractivity contribution in [3.63, 3.8) is 0 Å². The zero-order valence-corrected chi connectivity index (χ0v) is 11.3. The van der Waals surface area contributed by atoms with Crippen molar-refractivity contribution in [2.24, 2.45) is 0 Å². The molecule has 18 heavy (non-hydrogen) atoms. The smallest absolute Gasteiger partial charge is 0.0802 e. The highest BCUT2D eigenvalue weighted by Crippen LogP contribution is 2.27. The van der Waals surface area contributed by atoms with Crippen molar-refractivity contribution in [3.8, 4) is 0 Å². The van der Waals surface area contributed by atoms with Gasteiger partial charge < -0.3 is 5.32 Å². The molecule has 0 saturated heterocycles. The van der Waals surface area contributed by atoms with Gasteiger partial charge in [-0.15, -0.1) is 0 Å². The Labute approximate surface area is 112 Å². The second kappa shape index (κ2) is 5.94. The molecule has 0 fully saturated rings. The molecule has 0 spiro atoms. The first kappa shape index (κ1) is 13.0. The maximum atomic E-state index is 6.32. The fourth-order valence-corrected chi connectivity index (χ4v) is 2.25. The van der Waals surface area contributed by atoms with E-state index in [1.165, 1.54) is 0 Å². The van der Waals surface area contributed by atoms with Crippen LogP contribution >= 0.6 is 11.6 Å². The van der Waals surface area contributed by atoms with E-state index in [-0.39, 0.29) is 6.04 Å². The van der Waals surface area contributed by atoms with Gasteiger partial charge in [-0.25, -0.2) is 0 Å². The van der Waals surface area contributed by atoms with E-state index < -0.39 is 0 Å². The molecular formula is C14H16ClN3. The van der Waals surface area contributed by atoms with Crippen molar-refractivity contribution < 1.29 is 0 Å². The monoisotopic (exact) mass is 261 g/mol. The third kappa shape index (κ3) is 2.86. The van der Waals surface area contributed by atoms with Crippen LogP contribution in [0.15, 0.2) is 36.8 Å². The summed E-state index contributed by atoms with van der Waals surface area (Å²) in [5, 5.41) is 4.14. The molecule has 2 aromatic rings. The van der Waals surface area contributed by atoms with E-state index in [2.05, 4.69) is 28.3 Å². The molecule has 1 atom stereocenters. The summed E-state index contributed by atoms with van der Waals surface area (Å²) in [6.07, 6.45) is 5.13. The Balaban J connectivity index is 2.41. The first-order valence-corrected chi connectivity index (χ1v) is 6.35. The number of halogens is 1. The van der Waals surface area contributed by atoms with Crippen LogP contribution < -0.4 is 5.32 Å². The van der Waals surface area contributed by atoms with Gasteiger partial charge in [0.15, 0.2) is 0 Å². The molecule has 0 amide bonds. The number of nitrogens with one attached hydrogen (secondary N) is 1. The van der Waals surface area contributed by atoms with Gasteiger partial charge in [0.2, 0.25) is 0 Å². The first-order chi connectivity index (χ1) is 8.72. The molecule has 1 aromatic heterocycles. The highest BCUT2D eigenvalue weighted by Gasteiger charge is 2.17. The summed E-state index contributed by atoms with van der Waals surface area (Å²) in [5.41, 5.74) is 3.06. The van der Waals surface area contributed by atoms with Crippen LogP contribution in [0.3, 0.4) is 0 Å². The van der Waals surface area contributed by atoms with E-state index in [0.717, 1.165) is 28.4 Å². The van der Waals surface area contributed by atoms with Gasteiger partial charge in [0.1, 0.15) is 0 Å². The van der Waals surface area contributed by atoms with Crippen LogP contribution in [-0.2, 0) is 0 Å². The predicted molar refractivity (Wildman–Crippen MR) is 73.7 cm³/mol. The van der Waals surface area contributed by atoms with Crippen LogP contribution in [0.2, 0.25) is 5.02 Å². The standard InChI is InChI=1S/C14H16ClN3/c1-3-17-14(13-9-16-6-7-18-13)11-5-4-10(2)8-12(11)15/h4-9,14,17H,3H2,1-2H3. The van der Waals surface area contributed by atoms with Crippen LogP contribution in [0.4, 0.5) is 0 Å². The lowest BCUT2D eigenvalue weighted by molar-refractivity contribution is 0.613. The summed E-state index contributed by atoms with van der Waals surface area (Å²) in [6.45, 7) is 4.93. The second-order valence-corrected chi connectivity index (χ2v) is 4.55. The van der Waals surface area contributed by atoms with Gasteiger partial charge in [-0.1, -0.05) is 30.7 Å². The van der Waals surface area contributed by atoms with Crippen molar-refractivity contribution in [1.29, 1.82) is 0 Å². The maximum Gasteiger partial charge on any atom is 0.0802 e. The summed E-state index contributed by atoms with van der Waals surface area (Å²) >= 11 is 6.32. The molecular weight excluding hydrogens is 246 g/mol. The lowest BCUT2D eigenvalue weighted by Crippen LogP contribution is -2.23. The largest absolute Gasteiger partial charge is 0.305 e.